The molecular formula is C27H23Cl2NO2. The van der Waals surface area contributed by atoms with Gasteiger partial charge in [0.2, 0.25) is 0 Å². The summed E-state index contributed by atoms with van der Waals surface area (Å²) in [7, 11) is 0. The fourth-order valence-corrected chi connectivity index (χ4v) is 4.28. The lowest BCUT2D eigenvalue weighted by Gasteiger charge is -2.14. The van der Waals surface area contributed by atoms with Gasteiger partial charge < -0.3 is 9.30 Å². The number of carbonyl (C=O) groups excluding carboxylic acids is 1. The standard InChI is InChI=1S/C27H23Cl2NO2/c1-3-32-27(31)25-18(2)30(23-15-13-22(29)14-16-23)24(17-19-7-5-4-6-8-19)26(25)20-9-11-21(28)12-10-20/h4-16H,3,17H2,1-2H3. The normalized spacial score (nSPS) is 10.9. The second kappa shape index (κ2) is 9.64. The highest BCUT2D eigenvalue weighted by molar-refractivity contribution is 6.30. The van der Waals surface area contributed by atoms with Crippen molar-refractivity contribution in [1.82, 2.24) is 4.57 Å². The zero-order valence-electron chi connectivity index (χ0n) is 17.9. The number of hydrogen-bond donors (Lipinski definition) is 0. The Morgan fingerprint density at radius 2 is 1.47 bits per heavy atom. The monoisotopic (exact) mass is 463 g/mol. The molecule has 0 saturated heterocycles. The molecule has 0 saturated carbocycles. The number of rotatable bonds is 6. The largest absolute Gasteiger partial charge is 0.462 e. The third-order valence-electron chi connectivity index (χ3n) is 5.42. The summed E-state index contributed by atoms with van der Waals surface area (Å²) >= 11 is 12.3. The zero-order chi connectivity index (χ0) is 22.7. The maximum atomic E-state index is 13.1. The first-order chi connectivity index (χ1) is 15.5. The number of benzene rings is 3. The summed E-state index contributed by atoms with van der Waals surface area (Å²) in [6.07, 6.45) is 0.641. The molecule has 0 unspecified atom stereocenters. The van der Waals surface area contributed by atoms with Crippen LogP contribution in [0.2, 0.25) is 10.0 Å². The van der Waals surface area contributed by atoms with E-state index in [1.165, 1.54) is 0 Å². The fraction of sp³-hybridized carbons (Fsp3) is 0.148. The van der Waals surface area contributed by atoms with E-state index < -0.39 is 0 Å². The molecular weight excluding hydrogens is 441 g/mol. The molecule has 0 radical (unpaired) electrons. The lowest BCUT2D eigenvalue weighted by Crippen LogP contribution is -2.07. The average molecular weight is 464 g/mol. The molecule has 1 heterocycles. The molecule has 0 N–H and O–H groups in total. The lowest BCUT2D eigenvalue weighted by molar-refractivity contribution is 0.0526. The number of aromatic nitrogens is 1. The van der Waals surface area contributed by atoms with Crippen molar-refractivity contribution in [2.24, 2.45) is 0 Å². The molecule has 1 aromatic heterocycles. The van der Waals surface area contributed by atoms with Crippen LogP contribution in [0.15, 0.2) is 78.9 Å². The predicted molar refractivity (Wildman–Crippen MR) is 131 cm³/mol. The molecule has 162 valence electrons. The van der Waals surface area contributed by atoms with Gasteiger partial charge in [-0.05, 0) is 61.4 Å². The zero-order valence-corrected chi connectivity index (χ0v) is 19.5. The molecule has 0 bridgehead atoms. The van der Waals surface area contributed by atoms with Crippen molar-refractivity contribution in [1.29, 1.82) is 0 Å². The van der Waals surface area contributed by atoms with Crippen molar-refractivity contribution in [2.45, 2.75) is 20.3 Å². The van der Waals surface area contributed by atoms with Crippen molar-refractivity contribution < 1.29 is 9.53 Å². The Labute approximate surface area is 198 Å². The van der Waals surface area contributed by atoms with Crippen LogP contribution < -0.4 is 0 Å². The van der Waals surface area contributed by atoms with Crippen LogP contribution in [0.3, 0.4) is 0 Å². The first-order valence-electron chi connectivity index (χ1n) is 10.5. The molecule has 4 aromatic rings. The highest BCUT2D eigenvalue weighted by Gasteiger charge is 2.27. The molecule has 0 aliphatic carbocycles. The van der Waals surface area contributed by atoms with Gasteiger partial charge >= 0.3 is 5.97 Å². The van der Waals surface area contributed by atoms with Gasteiger partial charge in [-0.25, -0.2) is 4.79 Å². The summed E-state index contributed by atoms with van der Waals surface area (Å²) in [4.78, 5) is 13.1. The summed E-state index contributed by atoms with van der Waals surface area (Å²) in [6.45, 7) is 4.07. The summed E-state index contributed by atoms with van der Waals surface area (Å²) in [6, 6.07) is 25.4. The Balaban J connectivity index is 2.03. The molecule has 0 spiro atoms. The van der Waals surface area contributed by atoms with Gasteiger partial charge in [0.1, 0.15) is 0 Å². The highest BCUT2D eigenvalue weighted by Crippen LogP contribution is 2.37. The van der Waals surface area contributed by atoms with Gasteiger partial charge in [0.25, 0.3) is 0 Å². The Bertz CT molecular complexity index is 1230. The van der Waals surface area contributed by atoms with Crippen LogP contribution in [0.4, 0.5) is 0 Å². The summed E-state index contributed by atoms with van der Waals surface area (Å²) in [5.41, 5.74) is 6.24. The van der Waals surface area contributed by atoms with E-state index in [1.807, 2.05) is 80.6 Å². The molecule has 5 heteroatoms. The third kappa shape index (κ3) is 4.45. The van der Waals surface area contributed by atoms with Crippen LogP contribution in [-0.4, -0.2) is 17.1 Å². The van der Waals surface area contributed by atoms with Crippen LogP contribution in [-0.2, 0) is 11.2 Å². The number of esters is 1. The Morgan fingerprint density at radius 1 is 0.875 bits per heavy atom. The van der Waals surface area contributed by atoms with Crippen molar-refractivity contribution >= 4 is 29.2 Å². The molecule has 3 nitrogen and oxygen atoms in total. The molecule has 0 fully saturated rings. The van der Waals surface area contributed by atoms with Crippen LogP contribution in [0.1, 0.15) is 34.2 Å². The van der Waals surface area contributed by atoms with Gasteiger partial charge in [-0.3, -0.25) is 0 Å². The molecule has 0 amide bonds. The minimum absolute atomic E-state index is 0.304. The molecule has 32 heavy (non-hydrogen) atoms. The quantitative estimate of drug-likeness (QED) is 0.276. The lowest BCUT2D eigenvalue weighted by atomic mass is 9.97. The predicted octanol–water partition coefficient (Wildman–Crippen LogP) is 7.53. The summed E-state index contributed by atoms with van der Waals surface area (Å²) < 4.78 is 7.59. The van der Waals surface area contributed by atoms with Gasteiger partial charge in [0.15, 0.2) is 0 Å². The highest BCUT2D eigenvalue weighted by atomic mass is 35.5. The van der Waals surface area contributed by atoms with Gasteiger partial charge in [-0.2, -0.15) is 0 Å². The first kappa shape index (κ1) is 22.2. The number of hydrogen-bond acceptors (Lipinski definition) is 2. The topological polar surface area (TPSA) is 31.2 Å². The minimum atomic E-state index is -0.336. The average Bonchev–Trinajstić information content (AvgIpc) is 3.07. The van der Waals surface area contributed by atoms with E-state index in [-0.39, 0.29) is 5.97 Å². The Morgan fingerprint density at radius 3 is 2.06 bits per heavy atom. The van der Waals surface area contributed by atoms with E-state index in [2.05, 4.69) is 16.7 Å². The number of ether oxygens (including phenoxy) is 1. The molecule has 0 atom stereocenters. The smallest absolute Gasteiger partial charge is 0.340 e. The van der Waals surface area contributed by atoms with Crippen LogP contribution >= 0.6 is 23.2 Å². The van der Waals surface area contributed by atoms with Gasteiger partial charge in [0.05, 0.1) is 12.2 Å². The fourth-order valence-electron chi connectivity index (χ4n) is 4.03. The maximum Gasteiger partial charge on any atom is 0.340 e. The van der Waals surface area contributed by atoms with Crippen LogP contribution in [0.25, 0.3) is 16.8 Å². The van der Waals surface area contributed by atoms with Gasteiger partial charge in [-0.15, -0.1) is 0 Å². The SMILES string of the molecule is CCOC(=O)c1c(-c2ccc(Cl)cc2)c(Cc2ccccc2)n(-c2ccc(Cl)cc2)c1C. The molecule has 4 rings (SSSR count). The number of halogens is 2. The van der Waals surface area contributed by atoms with E-state index in [9.17, 15) is 4.79 Å². The number of carbonyl (C=O) groups is 1. The summed E-state index contributed by atoms with van der Waals surface area (Å²) in [5, 5.41) is 1.30. The second-order valence-electron chi connectivity index (χ2n) is 7.48. The second-order valence-corrected chi connectivity index (χ2v) is 8.36. The van der Waals surface area contributed by atoms with E-state index in [1.54, 1.807) is 0 Å². The van der Waals surface area contributed by atoms with E-state index in [0.717, 1.165) is 33.8 Å². The van der Waals surface area contributed by atoms with Crippen LogP contribution in [0, 0.1) is 6.92 Å². The van der Waals surface area contributed by atoms with Crippen molar-refractivity contribution in [3.05, 3.63) is 111 Å². The van der Waals surface area contributed by atoms with Crippen molar-refractivity contribution in [3.63, 3.8) is 0 Å². The van der Waals surface area contributed by atoms with Gasteiger partial charge in [-0.1, -0.05) is 65.7 Å². The van der Waals surface area contributed by atoms with Crippen molar-refractivity contribution in [3.8, 4) is 16.8 Å². The van der Waals surface area contributed by atoms with E-state index in [0.29, 0.717) is 28.6 Å². The Hall–Kier alpha value is -3.01. The van der Waals surface area contributed by atoms with E-state index >= 15 is 0 Å². The van der Waals surface area contributed by atoms with Crippen molar-refractivity contribution in [2.75, 3.05) is 6.61 Å². The number of nitrogens with zero attached hydrogens (tertiary/aromatic N) is 1. The molecule has 0 aliphatic rings. The van der Waals surface area contributed by atoms with E-state index in [4.69, 9.17) is 27.9 Å². The third-order valence-corrected chi connectivity index (χ3v) is 5.92. The molecule has 0 aliphatic heterocycles. The first-order valence-corrected chi connectivity index (χ1v) is 11.2. The maximum absolute atomic E-state index is 13.1. The molecule has 3 aromatic carbocycles. The summed E-state index contributed by atoms with van der Waals surface area (Å²) in [5.74, 6) is -0.336. The van der Waals surface area contributed by atoms with Crippen LogP contribution in [0.5, 0.6) is 0 Å². The Kier molecular flexibility index (Phi) is 6.69. The minimum Gasteiger partial charge on any atom is -0.462 e. The van der Waals surface area contributed by atoms with Gasteiger partial charge in [0, 0.05) is 39.1 Å².